The van der Waals surface area contributed by atoms with Gasteiger partial charge in [0.2, 0.25) is 0 Å². The van der Waals surface area contributed by atoms with Gasteiger partial charge in [-0.25, -0.2) is 4.79 Å². The van der Waals surface area contributed by atoms with Crippen molar-refractivity contribution in [3.63, 3.8) is 0 Å². The fourth-order valence-corrected chi connectivity index (χ4v) is 3.67. The van der Waals surface area contributed by atoms with Crippen LogP contribution in [0.25, 0.3) is 0 Å². The summed E-state index contributed by atoms with van der Waals surface area (Å²) < 4.78 is 0. The van der Waals surface area contributed by atoms with Crippen molar-refractivity contribution < 1.29 is 14.4 Å². The van der Waals surface area contributed by atoms with Crippen LogP contribution in [0.3, 0.4) is 0 Å². The van der Waals surface area contributed by atoms with E-state index in [1.165, 1.54) is 41.5 Å². The second-order valence-corrected chi connectivity index (χ2v) is 6.78. The Morgan fingerprint density at radius 3 is 2.52 bits per heavy atom. The molecule has 1 aliphatic rings. The number of rotatable bonds is 3. The van der Waals surface area contributed by atoms with Gasteiger partial charge in [-0.15, -0.1) is 11.3 Å². The van der Waals surface area contributed by atoms with Crippen LogP contribution >= 0.6 is 11.3 Å². The van der Waals surface area contributed by atoms with E-state index in [-0.39, 0.29) is 5.91 Å². The van der Waals surface area contributed by atoms with Crippen molar-refractivity contribution in [2.45, 2.75) is 51.5 Å². The van der Waals surface area contributed by atoms with Crippen LogP contribution in [0.1, 0.15) is 52.7 Å². The Hall–Kier alpha value is -2.09. The molecule has 8 heteroatoms. The van der Waals surface area contributed by atoms with Gasteiger partial charge in [0.1, 0.15) is 6.04 Å². The molecular weight excluding hydrogens is 316 g/mol. The highest BCUT2D eigenvalue weighted by molar-refractivity contribution is 7.14. The largest absolute Gasteiger partial charge is 0.352 e. The second-order valence-electron chi connectivity index (χ2n) is 5.65. The number of hydrogen-bond donors (Lipinski definition) is 4. The molecule has 23 heavy (non-hydrogen) atoms. The van der Waals surface area contributed by atoms with Crippen molar-refractivity contribution in [1.82, 2.24) is 16.2 Å². The highest BCUT2D eigenvalue weighted by Gasteiger charge is 2.18. The quantitative estimate of drug-likeness (QED) is 0.621. The number of carbonyl (C=O) groups is 3. The summed E-state index contributed by atoms with van der Waals surface area (Å²) in [6.45, 7) is 1.48. The van der Waals surface area contributed by atoms with Crippen molar-refractivity contribution in [2.24, 2.45) is 5.73 Å². The average Bonchev–Trinajstić information content (AvgIpc) is 2.86. The first-order valence-electron chi connectivity index (χ1n) is 7.75. The summed E-state index contributed by atoms with van der Waals surface area (Å²) in [5, 5.41) is 2.24. The van der Waals surface area contributed by atoms with Crippen LogP contribution in [0.4, 0.5) is 4.79 Å². The smallest absolute Gasteiger partial charge is 0.312 e. The van der Waals surface area contributed by atoms with E-state index >= 15 is 0 Å². The first-order valence-corrected chi connectivity index (χ1v) is 8.56. The number of hydrogen-bond acceptors (Lipinski definition) is 4. The van der Waals surface area contributed by atoms with E-state index in [0.29, 0.717) is 4.88 Å². The number of thiophene rings is 1. The molecule has 0 radical (unpaired) electrons. The zero-order valence-corrected chi connectivity index (χ0v) is 13.9. The Morgan fingerprint density at radius 1 is 1.13 bits per heavy atom. The molecule has 126 valence electrons. The third-order valence-corrected chi connectivity index (χ3v) is 5.01. The molecule has 0 spiro atoms. The third kappa shape index (κ3) is 4.95. The molecule has 7 nitrogen and oxygen atoms in total. The van der Waals surface area contributed by atoms with Gasteiger partial charge in [-0.05, 0) is 44.2 Å². The summed E-state index contributed by atoms with van der Waals surface area (Å²) in [5.41, 5.74) is 10.9. The summed E-state index contributed by atoms with van der Waals surface area (Å²) >= 11 is 1.48. The van der Waals surface area contributed by atoms with Crippen LogP contribution in [0.15, 0.2) is 6.07 Å². The summed E-state index contributed by atoms with van der Waals surface area (Å²) in [6.07, 6.45) is 6.79. The molecule has 5 N–H and O–H groups in total. The van der Waals surface area contributed by atoms with E-state index < -0.39 is 18.0 Å². The standard InChI is InChI=1S/C15H22N4O3S/c1-9(17-15(16)22)13(20)18-19-14(21)12-8-10-6-4-2-3-5-7-11(10)23-12/h8-9H,2-7H2,1H3,(H,18,20)(H,19,21)(H3,16,17,22). The Morgan fingerprint density at radius 2 is 1.83 bits per heavy atom. The van der Waals surface area contributed by atoms with Gasteiger partial charge in [0, 0.05) is 4.88 Å². The number of primary amides is 1. The number of urea groups is 1. The summed E-state index contributed by atoms with van der Waals surface area (Å²) in [5.74, 6) is -0.881. The minimum absolute atomic E-state index is 0.346. The van der Waals surface area contributed by atoms with E-state index in [2.05, 4.69) is 16.2 Å². The summed E-state index contributed by atoms with van der Waals surface area (Å²) in [4.78, 5) is 36.4. The van der Waals surface area contributed by atoms with Crippen molar-refractivity contribution in [3.8, 4) is 0 Å². The SMILES string of the molecule is CC(NC(N)=O)C(=O)NNC(=O)c1cc2c(s1)CCCCCC2. The Bertz CT molecular complexity index is 574. The number of hydrazine groups is 1. The molecule has 0 fully saturated rings. The van der Waals surface area contributed by atoms with Gasteiger partial charge in [-0.2, -0.15) is 0 Å². The molecule has 0 saturated heterocycles. The monoisotopic (exact) mass is 338 g/mol. The lowest BCUT2D eigenvalue weighted by molar-refractivity contribution is -0.123. The molecule has 1 heterocycles. The van der Waals surface area contributed by atoms with Crippen molar-refractivity contribution in [2.75, 3.05) is 0 Å². The van der Waals surface area contributed by atoms with Crippen LogP contribution in [-0.4, -0.2) is 23.9 Å². The molecule has 1 aromatic rings. The average molecular weight is 338 g/mol. The zero-order valence-electron chi connectivity index (χ0n) is 13.1. The third-order valence-electron chi connectivity index (χ3n) is 3.77. The molecule has 4 amide bonds. The number of nitrogens with two attached hydrogens (primary N) is 1. The summed E-state index contributed by atoms with van der Waals surface area (Å²) in [7, 11) is 0. The number of fused-ring (bicyclic) bond motifs is 1. The van der Waals surface area contributed by atoms with Gasteiger partial charge in [-0.1, -0.05) is 12.8 Å². The minimum atomic E-state index is -0.823. The topological polar surface area (TPSA) is 113 Å². The lowest BCUT2D eigenvalue weighted by Crippen LogP contribution is -2.51. The van der Waals surface area contributed by atoms with Gasteiger partial charge in [0.05, 0.1) is 4.88 Å². The predicted octanol–water partition coefficient (Wildman–Crippen LogP) is 1.22. The molecule has 0 aliphatic heterocycles. The Kier molecular flexibility index (Phi) is 5.97. The number of aryl methyl sites for hydroxylation is 2. The number of amides is 4. The van der Waals surface area contributed by atoms with Gasteiger partial charge in [0.15, 0.2) is 0 Å². The predicted molar refractivity (Wildman–Crippen MR) is 88.0 cm³/mol. The molecule has 0 saturated carbocycles. The van der Waals surface area contributed by atoms with Crippen molar-refractivity contribution in [3.05, 3.63) is 21.4 Å². The number of nitrogens with one attached hydrogen (secondary N) is 3. The molecule has 0 bridgehead atoms. The van der Waals surface area contributed by atoms with E-state index in [1.54, 1.807) is 0 Å². The molecular formula is C15H22N4O3S. The van der Waals surface area contributed by atoms with Gasteiger partial charge in [0.25, 0.3) is 11.8 Å². The van der Waals surface area contributed by atoms with Crippen LogP contribution in [0.5, 0.6) is 0 Å². The lowest BCUT2D eigenvalue weighted by atomic mass is 10.00. The zero-order chi connectivity index (χ0) is 16.8. The molecule has 1 aromatic heterocycles. The Balaban J connectivity index is 1.92. The maximum absolute atomic E-state index is 12.2. The number of carbonyl (C=O) groups excluding carboxylic acids is 3. The normalized spacial score (nSPS) is 15.5. The molecule has 1 aliphatic carbocycles. The first-order chi connectivity index (χ1) is 11.0. The van der Waals surface area contributed by atoms with Crippen LogP contribution in [0.2, 0.25) is 0 Å². The molecule has 2 rings (SSSR count). The van der Waals surface area contributed by atoms with Crippen LogP contribution < -0.4 is 21.9 Å². The van der Waals surface area contributed by atoms with Crippen molar-refractivity contribution >= 4 is 29.2 Å². The summed E-state index contributed by atoms with van der Waals surface area (Å²) in [6, 6.07) is 0.297. The van der Waals surface area contributed by atoms with Crippen molar-refractivity contribution in [1.29, 1.82) is 0 Å². The van der Waals surface area contributed by atoms with E-state index in [4.69, 9.17) is 5.73 Å². The van der Waals surface area contributed by atoms with Gasteiger partial charge >= 0.3 is 6.03 Å². The van der Waals surface area contributed by atoms with Crippen LogP contribution in [-0.2, 0) is 17.6 Å². The minimum Gasteiger partial charge on any atom is -0.352 e. The molecule has 1 unspecified atom stereocenters. The Labute approximate surface area is 139 Å². The first kappa shape index (κ1) is 17.3. The fourth-order valence-electron chi connectivity index (χ4n) is 2.52. The van der Waals surface area contributed by atoms with E-state index in [9.17, 15) is 14.4 Å². The highest BCUT2D eigenvalue weighted by atomic mass is 32.1. The molecule has 1 atom stereocenters. The maximum Gasteiger partial charge on any atom is 0.312 e. The van der Waals surface area contributed by atoms with E-state index in [1.807, 2.05) is 6.07 Å². The highest BCUT2D eigenvalue weighted by Crippen LogP contribution is 2.28. The molecule has 0 aromatic carbocycles. The second kappa shape index (κ2) is 7.96. The fraction of sp³-hybridized carbons (Fsp3) is 0.533. The van der Waals surface area contributed by atoms with Gasteiger partial charge in [-0.3, -0.25) is 20.4 Å². The van der Waals surface area contributed by atoms with Gasteiger partial charge < -0.3 is 11.1 Å². The van der Waals surface area contributed by atoms with E-state index in [0.717, 1.165) is 25.7 Å². The lowest BCUT2D eigenvalue weighted by Gasteiger charge is -2.12. The van der Waals surface area contributed by atoms with Crippen LogP contribution in [0, 0.1) is 0 Å². The maximum atomic E-state index is 12.2.